The van der Waals surface area contributed by atoms with Crippen molar-refractivity contribution in [2.24, 2.45) is 0 Å². The van der Waals surface area contributed by atoms with E-state index in [1.165, 1.54) is 58.8 Å². The molecule has 2 N–H and O–H groups in total. The van der Waals surface area contributed by atoms with Crippen LogP contribution in [-0.2, 0) is 26.3 Å². The number of ether oxygens (including phenoxy) is 4. The predicted octanol–water partition coefficient (Wildman–Crippen LogP) is 4.70. The Morgan fingerprint density at radius 3 is 2.08 bits per heavy atom. The molecule has 0 radical (unpaired) electrons. The normalized spacial score (nSPS) is 12.1. The van der Waals surface area contributed by atoms with Gasteiger partial charge in [-0.15, -0.1) is 0 Å². The fraction of sp³-hybridized carbons (Fsp3) is 0.192. The quantitative estimate of drug-likeness (QED) is 0.116. The minimum atomic E-state index is -2.24. The van der Waals surface area contributed by atoms with E-state index in [0.29, 0.717) is 28.2 Å². The summed E-state index contributed by atoms with van der Waals surface area (Å²) in [6.07, 6.45) is 0. The van der Waals surface area contributed by atoms with Gasteiger partial charge in [-0.05, 0) is 42.0 Å². The van der Waals surface area contributed by atoms with Gasteiger partial charge >= 0.3 is 0 Å². The van der Waals surface area contributed by atoms with Crippen molar-refractivity contribution in [2.75, 3.05) is 33.8 Å². The van der Waals surface area contributed by atoms with Gasteiger partial charge in [-0.2, -0.15) is 0 Å². The van der Waals surface area contributed by atoms with Crippen LogP contribution >= 0.6 is 0 Å². The molecule has 0 spiro atoms. The topological polar surface area (TPSA) is 146 Å². The molecule has 12 heteroatoms. The van der Waals surface area contributed by atoms with E-state index in [9.17, 15) is 23.7 Å². The summed E-state index contributed by atoms with van der Waals surface area (Å²) in [5, 5.41) is 13.6. The van der Waals surface area contributed by atoms with Crippen LogP contribution in [0.2, 0.25) is 0 Å². The first-order valence-corrected chi connectivity index (χ1v) is 12.3. The van der Waals surface area contributed by atoms with E-state index < -0.39 is 21.9 Å². The van der Waals surface area contributed by atoms with Crippen molar-refractivity contribution in [3.8, 4) is 11.5 Å². The van der Waals surface area contributed by atoms with Crippen LogP contribution in [0.5, 0.6) is 11.5 Å². The second-order valence-electron chi connectivity index (χ2n) is 7.70. The molecule has 0 bridgehead atoms. The van der Waals surface area contributed by atoms with E-state index in [4.69, 9.17) is 18.9 Å². The number of benzene rings is 3. The second kappa shape index (κ2) is 12.7. The van der Waals surface area contributed by atoms with Crippen LogP contribution in [-0.4, -0.2) is 48.0 Å². The zero-order valence-corrected chi connectivity index (χ0v) is 21.9. The van der Waals surface area contributed by atoms with Gasteiger partial charge in [0.25, 0.3) is 11.6 Å². The minimum Gasteiger partial charge on any atom is -0.496 e. The first-order valence-electron chi connectivity index (χ1n) is 11.0. The number of nitrogens with zero attached hydrogens (tertiary/aromatic N) is 1. The fourth-order valence-corrected chi connectivity index (χ4v) is 4.27. The van der Waals surface area contributed by atoms with Gasteiger partial charge in [0.2, 0.25) is 0 Å². The Labute approximate surface area is 221 Å². The van der Waals surface area contributed by atoms with Gasteiger partial charge in [0.05, 0.1) is 50.4 Å². The number of hydrogen-bond donors (Lipinski definition) is 2. The lowest BCUT2D eigenvalue weighted by Crippen LogP contribution is -2.14. The van der Waals surface area contributed by atoms with Crippen LogP contribution in [0.15, 0.2) is 60.7 Å². The molecule has 3 aromatic carbocycles. The molecular formula is C26H26N2O9S. The number of non-ortho nitro benzene ring substituents is 1. The molecular weight excluding hydrogens is 516 g/mol. The first-order chi connectivity index (χ1) is 18.2. The van der Waals surface area contributed by atoms with Gasteiger partial charge in [-0.1, -0.05) is 12.1 Å². The molecule has 1 atom stereocenters. The van der Waals surface area contributed by atoms with Crippen molar-refractivity contribution in [2.45, 2.75) is 5.75 Å². The number of amides is 1. The van der Waals surface area contributed by atoms with Crippen LogP contribution < -0.4 is 14.8 Å². The number of nitro benzene ring substituents is 1. The monoisotopic (exact) mass is 542 g/mol. The zero-order valence-electron chi connectivity index (χ0n) is 21.0. The SMILES string of the molecule is COC(=C(OC)c1ccccc1OC)c1cc(OC)c(NC(=O)c2ccc([N+](=O)[O-])cc2)cc1CS(=O)O. The van der Waals surface area contributed by atoms with Gasteiger partial charge < -0.3 is 28.8 Å². The molecule has 200 valence electrons. The number of rotatable bonds is 11. The molecule has 0 heterocycles. The highest BCUT2D eigenvalue weighted by molar-refractivity contribution is 7.78. The smallest absolute Gasteiger partial charge is 0.269 e. The average molecular weight is 543 g/mol. The summed E-state index contributed by atoms with van der Waals surface area (Å²) in [4.78, 5) is 23.2. The molecule has 0 aliphatic carbocycles. The lowest BCUT2D eigenvalue weighted by molar-refractivity contribution is -0.384. The van der Waals surface area contributed by atoms with E-state index in [-0.39, 0.29) is 34.2 Å². The number of carbonyl (C=O) groups excluding carboxylic acids is 1. The maximum Gasteiger partial charge on any atom is 0.269 e. The van der Waals surface area contributed by atoms with Crippen LogP contribution in [0.3, 0.4) is 0 Å². The third-order valence-electron chi connectivity index (χ3n) is 5.50. The summed E-state index contributed by atoms with van der Waals surface area (Å²) < 4.78 is 43.9. The maximum atomic E-state index is 12.9. The summed E-state index contributed by atoms with van der Waals surface area (Å²) in [5.74, 6) is 0.438. The zero-order chi connectivity index (χ0) is 27.8. The van der Waals surface area contributed by atoms with Crippen LogP contribution in [0, 0.1) is 10.1 Å². The second-order valence-corrected chi connectivity index (χ2v) is 8.63. The number of anilines is 1. The largest absolute Gasteiger partial charge is 0.496 e. The molecule has 0 aliphatic heterocycles. The predicted molar refractivity (Wildman–Crippen MR) is 142 cm³/mol. The number of methoxy groups -OCH3 is 4. The van der Waals surface area contributed by atoms with Crippen LogP contribution in [0.1, 0.15) is 27.0 Å². The van der Waals surface area contributed by atoms with Crippen molar-refractivity contribution in [1.82, 2.24) is 0 Å². The third-order valence-corrected chi connectivity index (χ3v) is 6.06. The summed E-state index contributed by atoms with van der Waals surface area (Å²) in [6, 6.07) is 15.3. The van der Waals surface area contributed by atoms with E-state index in [2.05, 4.69) is 5.32 Å². The highest BCUT2D eigenvalue weighted by Crippen LogP contribution is 2.38. The van der Waals surface area contributed by atoms with E-state index in [0.717, 1.165) is 0 Å². The van der Waals surface area contributed by atoms with Gasteiger partial charge in [0.1, 0.15) is 11.5 Å². The van der Waals surface area contributed by atoms with Crippen molar-refractivity contribution in [3.63, 3.8) is 0 Å². The molecule has 0 saturated carbocycles. The summed E-state index contributed by atoms with van der Waals surface area (Å²) in [7, 11) is 5.81. The number of nitrogens with one attached hydrogen (secondary N) is 1. The highest BCUT2D eigenvalue weighted by atomic mass is 32.2. The molecule has 0 fully saturated rings. The first kappa shape index (κ1) is 28.2. The molecule has 3 aromatic rings. The lowest BCUT2D eigenvalue weighted by atomic mass is 10.0. The molecule has 3 rings (SSSR count). The number of hydrogen-bond acceptors (Lipinski definition) is 8. The minimum absolute atomic E-state index is 0.154. The molecule has 1 unspecified atom stereocenters. The Balaban J connectivity index is 2.14. The number of carbonyl (C=O) groups is 1. The number of para-hydroxylation sites is 1. The van der Waals surface area contributed by atoms with Crippen molar-refractivity contribution in [3.05, 3.63) is 93.0 Å². The molecule has 11 nitrogen and oxygen atoms in total. The summed E-state index contributed by atoms with van der Waals surface area (Å²) in [5.41, 5.74) is 1.56. The Bertz CT molecular complexity index is 1390. The fourth-order valence-electron chi connectivity index (χ4n) is 3.77. The van der Waals surface area contributed by atoms with Gasteiger partial charge in [0.15, 0.2) is 22.6 Å². The Hall–Kier alpha value is -4.42. The summed E-state index contributed by atoms with van der Waals surface area (Å²) >= 11 is -2.24. The third kappa shape index (κ3) is 6.28. The Kier molecular flexibility index (Phi) is 9.41. The van der Waals surface area contributed by atoms with Gasteiger partial charge in [-0.25, -0.2) is 4.21 Å². The average Bonchev–Trinajstić information content (AvgIpc) is 2.91. The standard InChI is InChI=1S/C26H26N2O9S/c1-34-22-8-6-5-7-19(22)24(36-3)25(37-4)20-14-23(35-2)21(13-17(20)15-38(32)33)27-26(29)16-9-11-18(12-10-16)28(30)31/h5-14H,15H2,1-4H3,(H,27,29)(H,32,33). The molecule has 0 saturated heterocycles. The van der Waals surface area contributed by atoms with E-state index >= 15 is 0 Å². The van der Waals surface area contributed by atoms with E-state index in [1.807, 2.05) is 0 Å². The Morgan fingerprint density at radius 2 is 1.53 bits per heavy atom. The van der Waals surface area contributed by atoms with Crippen LogP contribution in [0.4, 0.5) is 11.4 Å². The van der Waals surface area contributed by atoms with Crippen molar-refractivity contribution in [1.29, 1.82) is 0 Å². The van der Waals surface area contributed by atoms with Gasteiger partial charge in [0, 0.05) is 23.3 Å². The number of nitro groups is 1. The summed E-state index contributed by atoms with van der Waals surface area (Å²) in [6.45, 7) is 0. The Morgan fingerprint density at radius 1 is 0.921 bits per heavy atom. The molecule has 1 amide bonds. The highest BCUT2D eigenvalue weighted by Gasteiger charge is 2.23. The lowest BCUT2D eigenvalue weighted by Gasteiger charge is -2.20. The van der Waals surface area contributed by atoms with Crippen molar-refractivity contribution < 1.29 is 37.4 Å². The van der Waals surface area contributed by atoms with Crippen LogP contribution in [0.25, 0.3) is 11.5 Å². The van der Waals surface area contributed by atoms with E-state index in [1.54, 1.807) is 30.3 Å². The van der Waals surface area contributed by atoms with Gasteiger partial charge in [-0.3, -0.25) is 14.9 Å². The van der Waals surface area contributed by atoms with Crippen molar-refractivity contribution >= 4 is 39.9 Å². The molecule has 0 aliphatic rings. The molecule has 0 aromatic heterocycles. The molecule has 38 heavy (non-hydrogen) atoms. The maximum absolute atomic E-state index is 12.9.